The predicted octanol–water partition coefficient (Wildman–Crippen LogP) is 4.18. The quantitative estimate of drug-likeness (QED) is 0.814. The van der Waals surface area contributed by atoms with E-state index in [9.17, 15) is 14.7 Å². The van der Waals surface area contributed by atoms with Gasteiger partial charge >= 0.3 is 11.9 Å². The number of benzene rings is 2. The van der Waals surface area contributed by atoms with E-state index in [1.54, 1.807) is 31.2 Å². The van der Waals surface area contributed by atoms with Crippen LogP contribution in [0, 0.1) is 13.8 Å². The van der Waals surface area contributed by atoms with Crippen molar-refractivity contribution in [3.05, 3.63) is 57.1 Å². The molecule has 0 heterocycles. The lowest BCUT2D eigenvalue weighted by atomic mass is 10.0. The van der Waals surface area contributed by atoms with Crippen molar-refractivity contribution in [3.63, 3.8) is 0 Å². The predicted molar refractivity (Wildman–Crippen MR) is 88.4 cm³/mol. The molecular weight excluding hydrogens is 364 g/mol. The van der Waals surface area contributed by atoms with E-state index in [0.717, 1.165) is 5.56 Å². The van der Waals surface area contributed by atoms with Crippen LogP contribution in [0.5, 0.6) is 11.5 Å². The zero-order chi connectivity index (χ0) is 17.1. The van der Waals surface area contributed by atoms with Crippen LogP contribution >= 0.6 is 15.9 Å². The second-order valence-corrected chi connectivity index (χ2v) is 5.92. The summed E-state index contributed by atoms with van der Waals surface area (Å²) < 4.78 is 6.48. The summed E-state index contributed by atoms with van der Waals surface area (Å²) in [6.07, 6.45) is -0.201. The molecule has 0 atom stereocenters. The van der Waals surface area contributed by atoms with Gasteiger partial charge in [0.1, 0.15) is 17.1 Å². The Labute approximate surface area is 141 Å². The number of carboxylic acids is 2. The van der Waals surface area contributed by atoms with E-state index in [2.05, 4.69) is 15.9 Å². The lowest BCUT2D eigenvalue weighted by Gasteiger charge is -2.16. The van der Waals surface area contributed by atoms with Crippen LogP contribution in [0.2, 0.25) is 0 Å². The monoisotopic (exact) mass is 378 g/mol. The van der Waals surface area contributed by atoms with Gasteiger partial charge in [0.2, 0.25) is 0 Å². The number of carbonyl (C=O) groups is 2. The molecule has 2 N–H and O–H groups in total. The molecule has 0 aliphatic rings. The Kier molecular flexibility index (Phi) is 5.05. The fraction of sp³-hybridized carbons (Fsp3) is 0.176. The van der Waals surface area contributed by atoms with E-state index in [1.807, 2.05) is 6.92 Å². The highest BCUT2D eigenvalue weighted by Gasteiger charge is 2.20. The van der Waals surface area contributed by atoms with Gasteiger partial charge in [-0.1, -0.05) is 34.1 Å². The largest absolute Gasteiger partial charge is 0.481 e. The lowest BCUT2D eigenvalue weighted by Crippen LogP contribution is -2.06. The summed E-state index contributed by atoms with van der Waals surface area (Å²) in [4.78, 5) is 22.5. The number of halogens is 1. The third kappa shape index (κ3) is 3.71. The van der Waals surface area contributed by atoms with E-state index in [1.165, 1.54) is 6.07 Å². The Morgan fingerprint density at radius 1 is 1.13 bits per heavy atom. The fourth-order valence-electron chi connectivity index (χ4n) is 2.16. The number of ether oxygens (including phenoxy) is 1. The van der Waals surface area contributed by atoms with Crippen molar-refractivity contribution in [2.75, 3.05) is 0 Å². The Balaban J connectivity index is 2.55. The van der Waals surface area contributed by atoms with Crippen LogP contribution in [0.15, 0.2) is 34.8 Å². The Morgan fingerprint density at radius 3 is 2.39 bits per heavy atom. The van der Waals surface area contributed by atoms with Gasteiger partial charge in [0.15, 0.2) is 0 Å². The smallest absolute Gasteiger partial charge is 0.339 e. The molecule has 23 heavy (non-hydrogen) atoms. The van der Waals surface area contributed by atoms with Gasteiger partial charge in [0, 0.05) is 10.0 Å². The van der Waals surface area contributed by atoms with Gasteiger partial charge in [0.25, 0.3) is 0 Å². The highest BCUT2D eigenvalue weighted by atomic mass is 79.9. The highest BCUT2D eigenvalue weighted by Crippen LogP contribution is 2.36. The van der Waals surface area contributed by atoms with E-state index >= 15 is 0 Å². The van der Waals surface area contributed by atoms with Crippen LogP contribution in [-0.2, 0) is 11.2 Å². The topological polar surface area (TPSA) is 83.8 Å². The summed E-state index contributed by atoms with van der Waals surface area (Å²) in [6, 6.07) is 8.18. The van der Waals surface area contributed by atoms with Gasteiger partial charge in [-0.15, -0.1) is 0 Å². The molecule has 0 bridgehead atoms. The first kappa shape index (κ1) is 17.0. The van der Waals surface area contributed by atoms with Gasteiger partial charge in [-0.05, 0) is 37.1 Å². The molecule has 6 heteroatoms. The van der Waals surface area contributed by atoms with Crippen LogP contribution in [0.25, 0.3) is 0 Å². The van der Waals surface area contributed by atoms with Gasteiger partial charge < -0.3 is 14.9 Å². The third-order valence-electron chi connectivity index (χ3n) is 3.53. The van der Waals surface area contributed by atoms with Crippen LogP contribution in [0.3, 0.4) is 0 Å². The van der Waals surface area contributed by atoms with Crippen LogP contribution in [-0.4, -0.2) is 22.2 Å². The first-order chi connectivity index (χ1) is 10.8. The maximum atomic E-state index is 11.5. The molecule has 2 aromatic rings. The average molecular weight is 379 g/mol. The van der Waals surface area contributed by atoms with Crippen molar-refractivity contribution < 1.29 is 24.5 Å². The summed E-state index contributed by atoms with van der Waals surface area (Å²) in [5.41, 5.74) is 2.05. The first-order valence-corrected chi connectivity index (χ1v) is 7.61. The molecule has 0 radical (unpaired) electrons. The minimum Gasteiger partial charge on any atom is -0.481 e. The fourth-order valence-corrected chi connectivity index (χ4v) is 2.69. The van der Waals surface area contributed by atoms with Crippen LogP contribution in [0.1, 0.15) is 27.0 Å². The SMILES string of the molecule is Cc1c(Br)cc(C(=O)O)c(Oc2ccccc2CC(=O)O)c1C. The minimum atomic E-state index is -1.11. The maximum Gasteiger partial charge on any atom is 0.339 e. The zero-order valence-electron chi connectivity index (χ0n) is 12.6. The average Bonchev–Trinajstić information content (AvgIpc) is 2.48. The molecule has 5 nitrogen and oxygen atoms in total. The molecule has 0 spiro atoms. The number of para-hydroxylation sites is 1. The highest BCUT2D eigenvalue weighted by molar-refractivity contribution is 9.10. The third-order valence-corrected chi connectivity index (χ3v) is 4.36. The number of hydrogen-bond acceptors (Lipinski definition) is 3. The summed E-state index contributed by atoms with van der Waals surface area (Å²) >= 11 is 3.34. The molecular formula is C17H15BrO5. The van der Waals surface area contributed by atoms with E-state index in [4.69, 9.17) is 9.84 Å². The Morgan fingerprint density at radius 2 is 1.78 bits per heavy atom. The second-order valence-electron chi connectivity index (χ2n) is 5.07. The standard InChI is InChI=1S/C17H15BrO5/c1-9-10(2)16(12(17(21)22)8-13(9)18)23-14-6-4-3-5-11(14)7-15(19)20/h3-6,8H,7H2,1-2H3,(H,19,20)(H,21,22). The van der Waals surface area contributed by atoms with Crippen LogP contribution in [0.4, 0.5) is 0 Å². The molecule has 0 aliphatic heterocycles. The second kappa shape index (κ2) is 6.83. The van der Waals surface area contributed by atoms with Crippen molar-refractivity contribution >= 4 is 27.9 Å². The summed E-state index contributed by atoms with van der Waals surface area (Å²) in [5, 5.41) is 18.4. The molecule has 2 rings (SSSR count). The molecule has 0 amide bonds. The van der Waals surface area contributed by atoms with Crippen molar-refractivity contribution in [2.45, 2.75) is 20.3 Å². The van der Waals surface area contributed by atoms with Crippen LogP contribution < -0.4 is 4.74 Å². The number of hydrogen-bond donors (Lipinski definition) is 2. The number of aromatic carboxylic acids is 1. The summed E-state index contributed by atoms with van der Waals surface area (Å²) in [5.74, 6) is -1.54. The lowest BCUT2D eigenvalue weighted by molar-refractivity contribution is -0.136. The van der Waals surface area contributed by atoms with E-state index < -0.39 is 11.9 Å². The van der Waals surface area contributed by atoms with Crippen molar-refractivity contribution in [1.29, 1.82) is 0 Å². The van der Waals surface area contributed by atoms with Crippen molar-refractivity contribution in [3.8, 4) is 11.5 Å². The van der Waals surface area contributed by atoms with Crippen molar-refractivity contribution in [2.24, 2.45) is 0 Å². The zero-order valence-corrected chi connectivity index (χ0v) is 14.2. The molecule has 0 unspecified atom stereocenters. The summed E-state index contributed by atoms with van der Waals surface area (Å²) in [7, 11) is 0. The molecule has 0 saturated heterocycles. The molecule has 0 fully saturated rings. The van der Waals surface area contributed by atoms with E-state index in [-0.39, 0.29) is 17.7 Å². The summed E-state index contributed by atoms with van der Waals surface area (Å²) in [6.45, 7) is 3.61. The normalized spacial score (nSPS) is 10.4. The maximum absolute atomic E-state index is 11.5. The Bertz CT molecular complexity index is 783. The van der Waals surface area contributed by atoms with Gasteiger partial charge in [-0.25, -0.2) is 4.79 Å². The molecule has 2 aromatic carbocycles. The van der Waals surface area contributed by atoms with E-state index in [0.29, 0.717) is 21.3 Å². The van der Waals surface area contributed by atoms with Gasteiger partial charge in [-0.3, -0.25) is 4.79 Å². The Hall–Kier alpha value is -2.34. The molecule has 0 saturated carbocycles. The van der Waals surface area contributed by atoms with Gasteiger partial charge in [-0.2, -0.15) is 0 Å². The van der Waals surface area contributed by atoms with Crippen molar-refractivity contribution in [1.82, 2.24) is 0 Å². The number of aliphatic carboxylic acids is 1. The first-order valence-electron chi connectivity index (χ1n) is 6.81. The number of rotatable bonds is 5. The molecule has 0 aromatic heterocycles. The minimum absolute atomic E-state index is 0.0186. The molecule has 0 aliphatic carbocycles. The van der Waals surface area contributed by atoms with Gasteiger partial charge in [0.05, 0.1) is 6.42 Å². The number of carboxylic acid groups (broad SMARTS) is 2. The molecule has 120 valence electrons.